The Hall–Kier alpha value is -0.570. The first kappa shape index (κ1) is 13.5. The van der Waals surface area contributed by atoms with Gasteiger partial charge in [0.2, 0.25) is 5.91 Å². The van der Waals surface area contributed by atoms with Crippen LogP contribution in [0.25, 0.3) is 0 Å². The maximum absolute atomic E-state index is 11.5. The van der Waals surface area contributed by atoms with E-state index in [-0.39, 0.29) is 5.91 Å². The van der Waals surface area contributed by atoms with E-state index in [1.165, 1.54) is 12.8 Å². The van der Waals surface area contributed by atoms with Crippen molar-refractivity contribution >= 4 is 5.91 Å². The van der Waals surface area contributed by atoms with Crippen molar-refractivity contribution in [1.29, 1.82) is 0 Å². The summed E-state index contributed by atoms with van der Waals surface area (Å²) in [4.78, 5) is 11.5. The van der Waals surface area contributed by atoms with Gasteiger partial charge in [0.05, 0.1) is 0 Å². The molecule has 0 bridgehead atoms. The van der Waals surface area contributed by atoms with E-state index in [1.807, 2.05) is 0 Å². The van der Waals surface area contributed by atoms with Crippen LogP contribution in [0.3, 0.4) is 0 Å². The fourth-order valence-electron chi connectivity index (χ4n) is 1.83. The standard InChI is InChI=1S/C13H26N2O/c1-10(2)14-8-4-5-13(16)15-9-11(3)12-6-7-12/h10-12,14H,4-9H2,1-3H3,(H,15,16). The second-order valence-corrected chi connectivity index (χ2v) is 5.33. The van der Waals surface area contributed by atoms with Crippen molar-refractivity contribution in [2.75, 3.05) is 13.1 Å². The lowest BCUT2D eigenvalue weighted by atomic mass is 10.1. The summed E-state index contributed by atoms with van der Waals surface area (Å²) in [5.41, 5.74) is 0. The third kappa shape index (κ3) is 6.11. The molecule has 2 N–H and O–H groups in total. The van der Waals surface area contributed by atoms with Gasteiger partial charge in [-0.15, -0.1) is 0 Å². The van der Waals surface area contributed by atoms with Gasteiger partial charge in [0.25, 0.3) is 0 Å². The zero-order valence-electron chi connectivity index (χ0n) is 10.9. The fraction of sp³-hybridized carbons (Fsp3) is 0.923. The quantitative estimate of drug-likeness (QED) is 0.621. The minimum absolute atomic E-state index is 0.207. The van der Waals surface area contributed by atoms with Crippen molar-refractivity contribution in [3.8, 4) is 0 Å². The highest BCUT2D eigenvalue weighted by atomic mass is 16.1. The average molecular weight is 226 g/mol. The van der Waals surface area contributed by atoms with E-state index >= 15 is 0 Å². The number of rotatable bonds is 8. The molecule has 0 radical (unpaired) electrons. The largest absolute Gasteiger partial charge is 0.356 e. The maximum atomic E-state index is 11.5. The van der Waals surface area contributed by atoms with Crippen LogP contribution in [0, 0.1) is 11.8 Å². The summed E-state index contributed by atoms with van der Waals surface area (Å²) in [5, 5.41) is 6.34. The van der Waals surface area contributed by atoms with Crippen molar-refractivity contribution in [3.63, 3.8) is 0 Å². The lowest BCUT2D eigenvalue weighted by Gasteiger charge is -2.12. The maximum Gasteiger partial charge on any atom is 0.220 e. The Morgan fingerprint density at radius 2 is 2.00 bits per heavy atom. The van der Waals surface area contributed by atoms with Gasteiger partial charge in [-0.3, -0.25) is 4.79 Å². The first-order valence-electron chi connectivity index (χ1n) is 6.59. The van der Waals surface area contributed by atoms with Crippen molar-refractivity contribution in [3.05, 3.63) is 0 Å². The first-order chi connectivity index (χ1) is 7.59. The summed E-state index contributed by atoms with van der Waals surface area (Å²) in [5.74, 6) is 1.75. The van der Waals surface area contributed by atoms with Crippen LogP contribution in [0.15, 0.2) is 0 Å². The van der Waals surface area contributed by atoms with Crippen molar-refractivity contribution in [2.24, 2.45) is 11.8 Å². The highest BCUT2D eigenvalue weighted by molar-refractivity contribution is 5.75. The Bertz CT molecular complexity index is 212. The minimum atomic E-state index is 0.207. The summed E-state index contributed by atoms with van der Waals surface area (Å²) in [6.07, 6.45) is 4.30. The highest BCUT2D eigenvalue weighted by Crippen LogP contribution is 2.35. The van der Waals surface area contributed by atoms with Gasteiger partial charge in [-0.2, -0.15) is 0 Å². The number of hydrogen-bond acceptors (Lipinski definition) is 2. The molecule has 1 saturated carbocycles. The molecule has 0 saturated heterocycles. The van der Waals surface area contributed by atoms with Gasteiger partial charge in [0, 0.05) is 19.0 Å². The minimum Gasteiger partial charge on any atom is -0.356 e. The molecule has 0 aromatic rings. The Morgan fingerprint density at radius 3 is 2.56 bits per heavy atom. The summed E-state index contributed by atoms with van der Waals surface area (Å²) >= 11 is 0. The zero-order chi connectivity index (χ0) is 12.0. The van der Waals surface area contributed by atoms with Gasteiger partial charge in [-0.05, 0) is 37.6 Å². The molecule has 3 heteroatoms. The number of hydrogen-bond donors (Lipinski definition) is 2. The monoisotopic (exact) mass is 226 g/mol. The van der Waals surface area contributed by atoms with Crippen LogP contribution in [0.5, 0.6) is 0 Å². The summed E-state index contributed by atoms with van der Waals surface area (Å²) in [7, 11) is 0. The molecule has 1 aliphatic carbocycles. The van der Waals surface area contributed by atoms with Crippen LogP contribution >= 0.6 is 0 Å². The number of amides is 1. The van der Waals surface area contributed by atoms with E-state index in [2.05, 4.69) is 31.4 Å². The van der Waals surface area contributed by atoms with Crippen LogP contribution in [-0.2, 0) is 4.79 Å². The van der Waals surface area contributed by atoms with E-state index in [4.69, 9.17) is 0 Å². The van der Waals surface area contributed by atoms with Gasteiger partial charge in [0.1, 0.15) is 0 Å². The van der Waals surface area contributed by atoms with Crippen LogP contribution in [0.2, 0.25) is 0 Å². The Labute approximate surface area is 99.4 Å². The third-order valence-electron chi connectivity index (χ3n) is 3.18. The van der Waals surface area contributed by atoms with Gasteiger partial charge in [0.15, 0.2) is 0 Å². The molecule has 3 nitrogen and oxygen atoms in total. The highest BCUT2D eigenvalue weighted by Gasteiger charge is 2.27. The molecule has 0 spiro atoms. The smallest absolute Gasteiger partial charge is 0.220 e. The molecule has 0 heterocycles. The molecule has 94 valence electrons. The third-order valence-corrected chi connectivity index (χ3v) is 3.18. The average Bonchev–Trinajstić information content (AvgIpc) is 3.04. The van der Waals surface area contributed by atoms with Crippen LogP contribution in [0.1, 0.15) is 46.5 Å². The number of carbonyl (C=O) groups excluding carboxylic acids is 1. The lowest BCUT2D eigenvalue weighted by molar-refractivity contribution is -0.121. The molecule has 1 unspecified atom stereocenters. The molecular formula is C13H26N2O. The summed E-state index contributed by atoms with van der Waals surface area (Å²) in [6, 6.07) is 0.512. The number of carbonyl (C=O) groups is 1. The molecule has 1 rings (SSSR count). The van der Waals surface area contributed by atoms with Gasteiger partial charge < -0.3 is 10.6 Å². The second kappa shape index (κ2) is 6.89. The van der Waals surface area contributed by atoms with E-state index in [9.17, 15) is 4.79 Å². The van der Waals surface area contributed by atoms with Crippen LogP contribution in [0.4, 0.5) is 0 Å². The van der Waals surface area contributed by atoms with Gasteiger partial charge in [-0.1, -0.05) is 20.8 Å². The number of nitrogens with one attached hydrogen (secondary N) is 2. The van der Waals surface area contributed by atoms with Crippen molar-refractivity contribution in [1.82, 2.24) is 10.6 Å². The molecular weight excluding hydrogens is 200 g/mol. The molecule has 0 aromatic carbocycles. The van der Waals surface area contributed by atoms with Crippen molar-refractivity contribution in [2.45, 2.75) is 52.5 Å². The molecule has 0 aromatic heterocycles. The first-order valence-corrected chi connectivity index (χ1v) is 6.59. The molecule has 1 amide bonds. The SMILES string of the molecule is CC(C)NCCCC(=O)NCC(C)C1CC1. The Kier molecular flexibility index (Phi) is 5.81. The van der Waals surface area contributed by atoms with Crippen LogP contribution in [-0.4, -0.2) is 25.0 Å². The van der Waals surface area contributed by atoms with Gasteiger partial charge in [-0.25, -0.2) is 0 Å². The fourth-order valence-corrected chi connectivity index (χ4v) is 1.83. The Morgan fingerprint density at radius 1 is 1.31 bits per heavy atom. The molecule has 16 heavy (non-hydrogen) atoms. The predicted molar refractivity (Wildman–Crippen MR) is 67.3 cm³/mol. The predicted octanol–water partition coefficient (Wildman–Crippen LogP) is 1.93. The van der Waals surface area contributed by atoms with E-state index in [0.717, 1.165) is 25.4 Å². The zero-order valence-corrected chi connectivity index (χ0v) is 10.9. The Balaban J connectivity index is 1.93. The lowest BCUT2D eigenvalue weighted by Crippen LogP contribution is -2.30. The van der Waals surface area contributed by atoms with Crippen LogP contribution < -0.4 is 10.6 Å². The van der Waals surface area contributed by atoms with E-state index in [1.54, 1.807) is 0 Å². The van der Waals surface area contributed by atoms with E-state index in [0.29, 0.717) is 18.4 Å². The van der Waals surface area contributed by atoms with E-state index < -0.39 is 0 Å². The topological polar surface area (TPSA) is 41.1 Å². The molecule has 1 aliphatic rings. The normalized spacial score (nSPS) is 17.5. The molecule has 1 atom stereocenters. The molecule has 0 aliphatic heterocycles. The van der Waals surface area contributed by atoms with Gasteiger partial charge >= 0.3 is 0 Å². The summed E-state index contributed by atoms with van der Waals surface area (Å²) < 4.78 is 0. The van der Waals surface area contributed by atoms with Crippen molar-refractivity contribution < 1.29 is 4.79 Å². The molecule has 1 fully saturated rings. The summed E-state index contributed by atoms with van der Waals surface area (Å²) in [6.45, 7) is 8.28. The second-order valence-electron chi connectivity index (χ2n) is 5.33.